The summed E-state index contributed by atoms with van der Waals surface area (Å²) in [7, 11) is -3.69. The number of sulfonamides is 1. The Morgan fingerprint density at radius 2 is 1.83 bits per heavy atom. The molecule has 0 radical (unpaired) electrons. The number of thiophene rings is 1. The zero-order valence-electron chi connectivity index (χ0n) is 15.9. The molecule has 3 heterocycles. The largest absolute Gasteiger partial charge is 0.338 e. The fraction of sp³-hybridized carbons (Fsp3) is 0.476. The lowest BCUT2D eigenvalue weighted by atomic mass is 9.83. The van der Waals surface area contributed by atoms with Crippen LogP contribution in [0.2, 0.25) is 0 Å². The Hall–Kier alpha value is -1.77. The lowest BCUT2D eigenvalue weighted by molar-refractivity contribution is -0.134. The summed E-state index contributed by atoms with van der Waals surface area (Å²) in [5.41, 5.74) is 1.19. The molecule has 3 atom stereocenters. The van der Waals surface area contributed by atoms with Gasteiger partial charge in [0.1, 0.15) is 5.82 Å². The van der Waals surface area contributed by atoms with E-state index in [1.807, 2.05) is 10.3 Å². The first-order valence-electron chi connectivity index (χ1n) is 10.0. The van der Waals surface area contributed by atoms with Crippen molar-refractivity contribution >= 4 is 27.3 Å². The molecule has 0 spiro atoms. The van der Waals surface area contributed by atoms with Gasteiger partial charge in [-0.05, 0) is 65.9 Å². The first-order chi connectivity index (χ1) is 13.9. The normalized spacial score (nSPS) is 27.8. The summed E-state index contributed by atoms with van der Waals surface area (Å²) in [6.45, 7) is 1.44. The molecule has 2 aliphatic heterocycles. The minimum absolute atomic E-state index is 0.0799. The van der Waals surface area contributed by atoms with Gasteiger partial charge in [-0.15, -0.1) is 0 Å². The van der Waals surface area contributed by atoms with Crippen molar-refractivity contribution in [1.82, 2.24) is 9.21 Å². The van der Waals surface area contributed by atoms with Crippen molar-refractivity contribution in [2.75, 3.05) is 19.6 Å². The van der Waals surface area contributed by atoms with Crippen LogP contribution in [0.3, 0.4) is 0 Å². The Morgan fingerprint density at radius 3 is 2.48 bits per heavy atom. The third kappa shape index (κ3) is 3.41. The van der Waals surface area contributed by atoms with Gasteiger partial charge in [0.25, 0.3) is 0 Å². The molecule has 3 fully saturated rings. The number of halogens is 1. The third-order valence-corrected chi connectivity index (χ3v) is 9.11. The quantitative estimate of drug-likeness (QED) is 0.742. The second-order valence-corrected chi connectivity index (χ2v) is 11.0. The number of carbonyl (C=O) groups excluding carboxylic acids is 1. The fourth-order valence-corrected chi connectivity index (χ4v) is 7.05. The van der Waals surface area contributed by atoms with E-state index in [-0.39, 0.29) is 34.6 Å². The first kappa shape index (κ1) is 19.2. The lowest BCUT2D eigenvalue weighted by Gasteiger charge is -2.38. The van der Waals surface area contributed by atoms with Crippen molar-refractivity contribution in [3.05, 3.63) is 52.5 Å². The maximum Gasteiger partial charge on any atom is 0.243 e. The molecule has 154 valence electrons. The van der Waals surface area contributed by atoms with Gasteiger partial charge in [0.2, 0.25) is 15.9 Å². The van der Waals surface area contributed by atoms with Gasteiger partial charge in [0.15, 0.2) is 0 Å². The Kier molecular flexibility index (Phi) is 4.75. The Balaban J connectivity index is 1.43. The van der Waals surface area contributed by atoms with Crippen LogP contribution in [-0.4, -0.2) is 49.2 Å². The van der Waals surface area contributed by atoms with Crippen LogP contribution in [0.15, 0.2) is 46.0 Å². The summed E-state index contributed by atoms with van der Waals surface area (Å²) >= 11 is 1.63. The van der Waals surface area contributed by atoms with E-state index in [0.717, 1.165) is 12.8 Å². The Labute approximate surface area is 174 Å². The first-order valence-corrected chi connectivity index (χ1v) is 12.4. The van der Waals surface area contributed by atoms with E-state index in [2.05, 4.69) is 11.4 Å². The molecule has 1 aromatic heterocycles. The number of likely N-dealkylation sites (tertiary alicyclic amines) is 1. The number of benzene rings is 1. The van der Waals surface area contributed by atoms with Gasteiger partial charge in [0, 0.05) is 43.4 Å². The van der Waals surface area contributed by atoms with Crippen molar-refractivity contribution in [3.63, 3.8) is 0 Å². The van der Waals surface area contributed by atoms with Gasteiger partial charge in [-0.25, -0.2) is 12.8 Å². The minimum atomic E-state index is -3.69. The summed E-state index contributed by atoms with van der Waals surface area (Å²) in [6.07, 6.45) is 2.59. The van der Waals surface area contributed by atoms with E-state index in [4.69, 9.17) is 0 Å². The number of hydrogen-bond donors (Lipinski definition) is 0. The molecule has 3 aliphatic rings. The maximum atomic E-state index is 13.2. The van der Waals surface area contributed by atoms with E-state index in [0.29, 0.717) is 26.1 Å². The highest BCUT2D eigenvalue weighted by molar-refractivity contribution is 7.89. The molecule has 1 amide bonds. The standard InChI is InChI=1S/C21H23FN2O3S2/c22-16-3-5-17(6-4-16)29(26,27)23-9-7-20-19(11-23)18(15-8-10-28-13-15)12-24(20)21(25)14-1-2-14/h3-6,8,10,13-14,18-20H,1-2,7,9,11-12H2/t18-,19-,20-/m0/s1. The highest BCUT2D eigenvalue weighted by atomic mass is 32.2. The van der Waals surface area contributed by atoms with Crippen molar-refractivity contribution in [1.29, 1.82) is 0 Å². The van der Waals surface area contributed by atoms with E-state index in [1.165, 1.54) is 34.1 Å². The lowest BCUT2D eigenvalue weighted by Crippen LogP contribution is -2.49. The van der Waals surface area contributed by atoms with Gasteiger partial charge in [-0.2, -0.15) is 15.6 Å². The predicted molar refractivity (Wildman–Crippen MR) is 109 cm³/mol. The maximum absolute atomic E-state index is 13.2. The van der Waals surface area contributed by atoms with Crippen LogP contribution in [0.25, 0.3) is 0 Å². The molecular weight excluding hydrogens is 411 g/mol. The molecule has 29 heavy (non-hydrogen) atoms. The highest BCUT2D eigenvalue weighted by Gasteiger charge is 2.50. The Bertz CT molecular complexity index is 1000. The second-order valence-electron chi connectivity index (χ2n) is 8.26. The van der Waals surface area contributed by atoms with Crippen LogP contribution in [-0.2, 0) is 14.8 Å². The van der Waals surface area contributed by atoms with Gasteiger partial charge in [0.05, 0.1) is 4.90 Å². The molecule has 1 saturated carbocycles. The van der Waals surface area contributed by atoms with Crippen LogP contribution in [0.5, 0.6) is 0 Å². The molecule has 0 bridgehead atoms. The average Bonchev–Trinajstić information content (AvgIpc) is 3.29. The van der Waals surface area contributed by atoms with E-state index in [1.54, 1.807) is 11.3 Å². The number of hydrogen-bond acceptors (Lipinski definition) is 4. The van der Waals surface area contributed by atoms with Gasteiger partial charge < -0.3 is 4.90 Å². The predicted octanol–water partition coefficient (Wildman–Crippen LogP) is 3.30. The summed E-state index contributed by atoms with van der Waals surface area (Å²) in [4.78, 5) is 15.0. The van der Waals surface area contributed by atoms with Crippen molar-refractivity contribution in [2.45, 2.75) is 36.1 Å². The van der Waals surface area contributed by atoms with Gasteiger partial charge in [-0.1, -0.05) is 0 Å². The molecular formula is C21H23FN2O3S2. The third-order valence-electron chi connectivity index (χ3n) is 6.53. The number of piperidine rings is 1. The zero-order valence-corrected chi connectivity index (χ0v) is 17.5. The summed E-state index contributed by atoms with van der Waals surface area (Å²) in [5.74, 6) is 0.187. The smallest absolute Gasteiger partial charge is 0.243 e. The van der Waals surface area contributed by atoms with Crippen molar-refractivity contribution in [2.24, 2.45) is 11.8 Å². The van der Waals surface area contributed by atoms with Gasteiger partial charge >= 0.3 is 0 Å². The number of amides is 1. The minimum Gasteiger partial charge on any atom is -0.338 e. The molecule has 2 aromatic rings. The molecule has 1 aliphatic carbocycles. The molecule has 8 heteroatoms. The van der Waals surface area contributed by atoms with Crippen molar-refractivity contribution in [3.8, 4) is 0 Å². The van der Waals surface area contributed by atoms with Gasteiger partial charge in [-0.3, -0.25) is 4.79 Å². The van der Waals surface area contributed by atoms with E-state index >= 15 is 0 Å². The molecule has 0 unspecified atom stereocenters. The molecule has 2 saturated heterocycles. The zero-order chi connectivity index (χ0) is 20.2. The van der Waals surface area contributed by atoms with Crippen LogP contribution >= 0.6 is 11.3 Å². The topological polar surface area (TPSA) is 57.7 Å². The number of carbonyl (C=O) groups is 1. The van der Waals surface area contributed by atoms with Crippen molar-refractivity contribution < 1.29 is 17.6 Å². The second kappa shape index (κ2) is 7.18. The number of rotatable bonds is 4. The highest BCUT2D eigenvalue weighted by Crippen LogP contribution is 2.45. The average molecular weight is 435 g/mol. The van der Waals surface area contributed by atoms with Crippen LogP contribution < -0.4 is 0 Å². The summed E-state index contributed by atoms with van der Waals surface area (Å²) < 4.78 is 41.0. The Morgan fingerprint density at radius 1 is 1.07 bits per heavy atom. The van der Waals surface area contributed by atoms with Crippen LogP contribution in [0.4, 0.5) is 4.39 Å². The van der Waals surface area contributed by atoms with Crippen LogP contribution in [0, 0.1) is 17.7 Å². The molecule has 5 nitrogen and oxygen atoms in total. The fourth-order valence-electron chi connectivity index (χ4n) is 4.83. The van der Waals surface area contributed by atoms with E-state index in [9.17, 15) is 17.6 Å². The van der Waals surface area contributed by atoms with Crippen LogP contribution in [0.1, 0.15) is 30.7 Å². The molecule has 5 rings (SSSR count). The summed E-state index contributed by atoms with van der Waals surface area (Å²) in [6, 6.07) is 7.19. The summed E-state index contributed by atoms with van der Waals surface area (Å²) in [5, 5.41) is 4.14. The SMILES string of the molecule is O=C(C1CC1)N1C[C@@H](c2ccsc2)[C@@H]2CN(S(=O)(=O)c3ccc(F)cc3)CC[C@@H]21. The number of fused-ring (bicyclic) bond motifs is 1. The molecule has 0 N–H and O–H groups in total. The number of nitrogens with zero attached hydrogens (tertiary/aromatic N) is 2. The van der Waals surface area contributed by atoms with E-state index < -0.39 is 15.8 Å². The molecule has 1 aromatic carbocycles. The monoisotopic (exact) mass is 434 g/mol.